The van der Waals surface area contributed by atoms with Gasteiger partial charge in [0.15, 0.2) is 0 Å². The van der Waals surface area contributed by atoms with E-state index < -0.39 is 0 Å². The fourth-order valence-electron chi connectivity index (χ4n) is 2.40. The van der Waals surface area contributed by atoms with Crippen LogP contribution in [0.5, 0.6) is 0 Å². The van der Waals surface area contributed by atoms with Gasteiger partial charge >= 0.3 is 0 Å². The lowest BCUT2D eigenvalue weighted by Crippen LogP contribution is -2.38. The molecule has 0 spiro atoms. The Morgan fingerprint density at radius 1 is 1.39 bits per heavy atom. The van der Waals surface area contributed by atoms with Crippen LogP contribution >= 0.6 is 27.5 Å². The van der Waals surface area contributed by atoms with Crippen LogP contribution in [0.15, 0.2) is 22.7 Å². The van der Waals surface area contributed by atoms with E-state index >= 15 is 0 Å². The van der Waals surface area contributed by atoms with Crippen molar-refractivity contribution in [3.63, 3.8) is 0 Å². The Morgan fingerprint density at radius 3 is 2.94 bits per heavy atom. The minimum atomic E-state index is 0.0516. The van der Waals surface area contributed by atoms with E-state index in [0.717, 1.165) is 23.9 Å². The molecule has 98 valence electrons. The normalized spacial score (nSPS) is 20.6. The van der Waals surface area contributed by atoms with Crippen molar-refractivity contribution in [2.24, 2.45) is 0 Å². The molecule has 1 fully saturated rings. The largest absolute Gasteiger partial charge is 0.336 e. The first-order valence-corrected chi connectivity index (χ1v) is 7.53. The van der Waals surface area contributed by atoms with Gasteiger partial charge < -0.3 is 4.90 Å². The highest BCUT2D eigenvalue weighted by Crippen LogP contribution is 2.28. The molecule has 1 saturated heterocycles. The van der Waals surface area contributed by atoms with Crippen molar-refractivity contribution in [3.8, 4) is 0 Å². The predicted molar refractivity (Wildman–Crippen MR) is 78.1 cm³/mol. The summed E-state index contributed by atoms with van der Waals surface area (Å²) < 4.78 is 0.775. The van der Waals surface area contributed by atoms with E-state index in [9.17, 15) is 4.79 Å². The number of rotatable bonds is 1. The fraction of sp³-hybridized carbons (Fsp3) is 0.500. The molecule has 1 aromatic rings. The maximum Gasteiger partial charge on any atom is 0.255 e. The Balaban J connectivity index is 2.26. The van der Waals surface area contributed by atoms with E-state index in [4.69, 9.17) is 11.6 Å². The lowest BCUT2D eigenvalue weighted by molar-refractivity contribution is 0.0698. The van der Waals surface area contributed by atoms with Crippen LogP contribution in [0, 0.1) is 0 Å². The summed E-state index contributed by atoms with van der Waals surface area (Å²) in [5.41, 5.74) is 0.597. The minimum Gasteiger partial charge on any atom is -0.336 e. The molecule has 0 bridgehead atoms. The van der Waals surface area contributed by atoms with Gasteiger partial charge in [-0.25, -0.2) is 0 Å². The molecule has 2 rings (SSSR count). The van der Waals surface area contributed by atoms with Crippen LogP contribution in [0.1, 0.15) is 43.0 Å². The molecule has 1 atom stereocenters. The monoisotopic (exact) mass is 329 g/mol. The lowest BCUT2D eigenvalue weighted by atomic mass is 10.1. The molecule has 0 aromatic heterocycles. The third-order valence-corrected chi connectivity index (χ3v) is 4.79. The number of halogens is 2. The average molecular weight is 331 g/mol. The molecule has 18 heavy (non-hydrogen) atoms. The van der Waals surface area contributed by atoms with Crippen LogP contribution in [0.25, 0.3) is 0 Å². The summed E-state index contributed by atoms with van der Waals surface area (Å²) in [5.74, 6) is 0.0516. The number of carbonyl (C=O) groups is 1. The van der Waals surface area contributed by atoms with Crippen LogP contribution in [0.3, 0.4) is 0 Å². The number of amides is 1. The van der Waals surface area contributed by atoms with Gasteiger partial charge in [0.05, 0.1) is 10.6 Å². The molecular weight excluding hydrogens is 314 g/mol. The first-order chi connectivity index (χ1) is 8.61. The summed E-state index contributed by atoms with van der Waals surface area (Å²) in [5, 5.41) is 0.513. The van der Waals surface area contributed by atoms with Crippen LogP contribution in [0.4, 0.5) is 0 Å². The molecule has 1 aliphatic heterocycles. The standard InChI is InChI=1S/C14H17BrClNO/c1-10-6-3-2-4-9-17(10)14(18)11-7-5-8-12(15)13(11)16/h5,7-8,10H,2-4,6,9H2,1H3. The Labute approximate surface area is 121 Å². The van der Waals surface area contributed by atoms with Gasteiger partial charge in [-0.1, -0.05) is 30.5 Å². The summed E-state index contributed by atoms with van der Waals surface area (Å²) >= 11 is 9.57. The zero-order chi connectivity index (χ0) is 13.1. The van der Waals surface area contributed by atoms with Crippen molar-refractivity contribution in [1.29, 1.82) is 0 Å². The predicted octanol–water partition coefficient (Wildman–Crippen LogP) is 4.51. The van der Waals surface area contributed by atoms with E-state index in [1.165, 1.54) is 12.8 Å². The van der Waals surface area contributed by atoms with Gasteiger partial charge in [-0.15, -0.1) is 0 Å². The second-order valence-corrected chi connectivity index (χ2v) is 6.03. The van der Waals surface area contributed by atoms with Crippen LogP contribution in [0.2, 0.25) is 5.02 Å². The third-order valence-electron chi connectivity index (χ3n) is 3.50. The summed E-state index contributed by atoms with van der Waals surface area (Å²) in [6.45, 7) is 2.96. The number of benzene rings is 1. The van der Waals surface area contributed by atoms with Crippen LogP contribution < -0.4 is 0 Å². The summed E-state index contributed by atoms with van der Waals surface area (Å²) in [7, 11) is 0. The van der Waals surface area contributed by atoms with Gasteiger partial charge in [-0.3, -0.25) is 4.79 Å². The second kappa shape index (κ2) is 6.07. The van der Waals surface area contributed by atoms with Gasteiger partial charge in [0.2, 0.25) is 0 Å². The van der Waals surface area contributed by atoms with Gasteiger partial charge in [0.1, 0.15) is 0 Å². The second-order valence-electron chi connectivity index (χ2n) is 4.80. The molecule has 4 heteroatoms. The van der Waals surface area contributed by atoms with Crippen molar-refractivity contribution in [3.05, 3.63) is 33.3 Å². The van der Waals surface area contributed by atoms with Gasteiger partial charge in [0, 0.05) is 17.1 Å². The summed E-state index contributed by atoms with van der Waals surface area (Å²) in [6, 6.07) is 5.80. The Kier molecular flexibility index (Phi) is 4.68. The number of hydrogen-bond acceptors (Lipinski definition) is 1. The molecule has 1 amide bonds. The third kappa shape index (κ3) is 2.89. The number of likely N-dealkylation sites (tertiary alicyclic amines) is 1. The molecule has 0 N–H and O–H groups in total. The van der Waals surface area contributed by atoms with E-state index in [1.54, 1.807) is 6.07 Å². The SMILES string of the molecule is CC1CCCCCN1C(=O)c1cccc(Br)c1Cl. The minimum absolute atomic E-state index is 0.0516. The molecule has 1 unspecified atom stereocenters. The van der Waals surface area contributed by atoms with Crippen molar-refractivity contribution in [1.82, 2.24) is 4.90 Å². The van der Waals surface area contributed by atoms with Crippen molar-refractivity contribution in [2.45, 2.75) is 38.6 Å². The van der Waals surface area contributed by atoms with E-state index in [1.807, 2.05) is 17.0 Å². The molecule has 2 nitrogen and oxygen atoms in total. The summed E-state index contributed by atoms with van der Waals surface area (Å²) in [6.07, 6.45) is 4.58. The zero-order valence-corrected chi connectivity index (χ0v) is 12.8. The van der Waals surface area contributed by atoms with Crippen molar-refractivity contribution < 1.29 is 4.79 Å². The van der Waals surface area contributed by atoms with Crippen LogP contribution in [-0.2, 0) is 0 Å². The first kappa shape index (κ1) is 13.9. The van der Waals surface area contributed by atoms with Gasteiger partial charge in [0.25, 0.3) is 5.91 Å². The molecule has 1 aliphatic rings. The fourth-order valence-corrected chi connectivity index (χ4v) is 2.97. The molecular formula is C14H17BrClNO. The maximum atomic E-state index is 12.6. The quantitative estimate of drug-likeness (QED) is 0.742. The summed E-state index contributed by atoms with van der Waals surface area (Å²) in [4.78, 5) is 14.5. The van der Waals surface area contributed by atoms with E-state index in [-0.39, 0.29) is 5.91 Å². The zero-order valence-electron chi connectivity index (χ0n) is 10.5. The van der Waals surface area contributed by atoms with E-state index in [0.29, 0.717) is 16.6 Å². The van der Waals surface area contributed by atoms with Gasteiger partial charge in [-0.05, 0) is 47.8 Å². The van der Waals surface area contributed by atoms with Crippen molar-refractivity contribution in [2.75, 3.05) is 6.54 Å². The average Bonchev–Trinajstić information content (AvgIpc) is 2.57. The van der Waals surface area contributed by atoms with Crippen LogP contribution in [-0.4, -0.2) is 23.4 Å². The molecule has 0 radical (unpaired) electrons. The Morgan fingerprint density at radius 2 is 2.17 bits per heavy atom. The molecule has 0 aliphatic carbocycles. The number of hydrogen-bond donors (Lipinski definition) is 0. The Bertz CT molecular complexity index is 449. The highest BCUT2D eigenvalue weighted by atomic mass is 79.9. The molecule has 1 aromatic carbocycles. The smallest absolute Gasteiger partial charge is 0.255 e. The molecule has 1 heterocycles. The van der Waals surface area contributed by atoms with Crippen molar-refractivity contribution >= 4 is 33.4 Å². The highest BCUT2D eigenvalue weighted by molar-refractivity contribution is 9.10. The van der Waals surface area contributed by atoms with E-state index in [2.05, 4.69) is 22.9 Å². The number of nitrogens with zero attached hydrogens (tertiary/aromatic N) is 1. The lowest BCUT2D eigenvalue weighted by Gasteiger charge is -2.27. The highest BCUT2D eigenvalue weighted by Gasteiger charge is 2.24. The topological polar surface area (TPSA) is 20.3 Å². The maximum absolute atomic E-state index is 12.6. The number of carbonyl (C=O) groups excluding carboxylic acids is 1. The first-order valence-electron chi connectivity index (χ1n) is 6.36. The molecule has 0 saturated carbocycles. The Hall–Kier alpha value is -0.540. The van der Waals surface area contributed by atoms with Gasteiger partial charge in [-0.2, -0.15) is 0 Å².